The standard InChI is InChI=1S/C9H13N3O3/c1-6(2)7-3-8(11-5-10-7)12-15-4-9(13)14/h3,5-6H,4H2,1-2H3,(H,13,14)(H,10,11,12). The summed E-state index contributed by atoms with van der Waals surface area (Å²) in [6.07, 6.45) is 1.40. The third kappa shape index (κ3) is 3.90. The first-order valence-electron chi connectivity index (χ1n) is 4.51. The molecule has 82 valence electrons. The monoisotopic (exact) mass is 211 g/mol. The van der Waals surface area contributed by atoms with Gasteiger partial charge in [0.2, 0.25) is 0 Å². The molecule has 0 atom stereocenters. The second kappa shape index (κ2) is 5.26. The number of nitrogens with zero attached hydrogens (tertiary/aromatic N) is 2. The Morgan fingerprint density at radius 1 is 1.60 bits per heavy atom. The van der Waals surface area contributed by atoms with Gasteiger partial charge in [0, 0.05) is 11.8 Å². The van der Waals surface area contributed by atoms with E-state index in [2.05, 4.69) is 20.3 Å². The first-order chi connectivity index (χ1) is 7.09. The number of carbonyl (C=O) groups is 1. The van der Waals surface area contributed by atoms with E-state index in [-0.39, 0.29) is 5.92 Å². The number of aliphatic carboxylic acids is 1. The van der Waals surface area contributed by atoms with Crippen molar-refractivity contribution in [3.05, 3.63) is 18.1 Å². The molecule has 0 amide bonds. The fraction of sp³-hybridized carbons (Fsp3) is 0.444. The molecule has 1 heterocycles. The fourth-order valence-corrected chi connectivity index (χ4v) is 0.916. The Labute approximate surface area is 87.3 Å². The maximum atomic E-state index is 10.2. The number of nitrogens with one attached hydrogen (secondary N) is 1. The van der Waals surface area contributed by atoms with Crippen molar-refractivity contribution in [3.63, 3.8) is 0 Å². The molecule has 0 aliphatic carbocycles. The lowest BCUT2D eigenvalue weighted by atomic mass is 10.1. The molecular formula is C9H13N3O3. The molecule has 0 radical (unpaired) electrons. The molecule has 0 bridgehead atoms. The molecule has 1 aromatic heterocycles. The number of aromatic nitrogens is 2. The van der Waals surface area contributed by atoms with Crippen LogP contribution in [0, 0.1) is 0 Å². The van der Waals surface area contributed by atoms with E-state index in [1.54, 1.807) is 6.07 Å². The van der Waals surface area contributed by atoms with Crippen LogP contribution in [-0.4, -0.2) is 27.7 Å². The SMILES string of the molecule is CC(C)c1cc(NOCC(=O)O)ncn1. The summed E-state index contributed by atoms with van der Waals surface area (Å²) in [4.78, 5) is 22.8. The van der Waals surface area contributed by atoms with E-state index in [0.29, 0.717) is 5.82 Å². The highest BCUT2D eigenvalue weighted by atomic mass is 16.7. The number of rotatable bonds is 5. The topological polar surface area (TPSA) is 84.3 Å². The van der Waals surface area contributed by atoms with Crippen molar-refractivity contribution in [2.45, 2.75) is 19.8 Å². The van der Waals surface area contributed by atoms with Crippen molar-refractivity contribution in [1.29, 1.82) is 0 Å². The minimum Gasteiger partial charge on any atom is -0.479 e. The maximum absolute atomic E-state index is 10.2. The molecule has 0 aliphatic heterocycles. The highest BCUT2D eigenvalue weighted by Crippen LogP contribution is 2.13. The highest BCUT2D eigenvalue weighted by molar-refractivity contribution is 5.68. The van der Waals surface area contributed by atoms with E-state index in [1.807, 2.05) is 13.8 Å². The van der Waals surface area contributed by atoms with E-state index >= 15 is 0 Å². The van der Waals surface area contributed by atoms with E-state index in [1.165, 1.54) is 6.33 Å². The van der Waals surface area contributed by atoms with Crippen LogP contribution < -0.4 is 5.48 Å². The highest BCUT2D eigenvalue weighted by Gasteiger charge is 2.03. The summed E-state index contributed by atoms with van der Waals surface area (Å²) in [7, 11) is 0. The van der Waals surface area contributed by atoms with Gasteiger partial charge in [0.05, 0.1) is 0 Å². The Bertz CT molecular complexity index is 341. The van der Waals surface area contributed by atoms with Crippen LogP contribution in [0.1, 0.15) is 25.5 Å². The lowest BCUT2D eigenvalue weighted by Crippen LogP contribution is -2.12. The Morgan fingerprint density at radius 3 is 2.93 bits per heavy atom. The molecule has 0 spiro atoms. The molecule has 0 aliphatic rings. The van der Waals surface area contributed by atoms with Gasteiger partial charge in [-0.05, 0) is 5.92 Å². The van der Waals surface area contributed by atoms with Gasteiger partial charge in [-0.25, -0.2) is 20.2 Å². The lowest BCUT2D eigenvalue weighted by molar-refractivity contribution is -0.141. The van der Waals surface area contributed by atoms with Gasteiger partial charge in [0.15, 0.2) is 12.4 Å². The van der Waals surface area contributed by atoms with E-state index < -0.39 is 12.6 Å². The van der Waals surface area contributed by atoms with Crippen LogP contribution in [0.5, 0.6) is 0 Å². The largest absolute Gasteiger partial charge is 0.479 e. The molecule has 6 heteroatoms. The van der Waals surface area contributed by atoms with Gasteiger partial charge >= 0.3 is 5.97 Å². The van der Waals surface area contributed by atoms with Gasteiger partial charge in [0.1, 0.15) is 6.33 Å². The van der Waals surface area contributed by atoms with Gasteiger partial charge in [-0.1, -0.05) is 13.8 Å². The summed E-state index contributed by atoms with van der Waals surface area (Å²) in [6, 6.07) is 1.71. The van der Waals surface area contributed by atoms with Crippen molar-refractivity contribution < 1.29 is 14.7 Å². The average molecular weight is 211 g/mol. The minimum atomic E-state index is -1.04. The minimum absolute atomic E-state index is 0.285. The summed E-state index contributed by atoms with van der Waals surface area (Å²) in [5.41, 5.74) is 3.31. The van der Waals surface area contributed by atoms with E-state index in [9.17, 15) is 4.79 Å². The molecule has 15 heavy (non-hydrogen) atoms. The van der Waals surface area contributed by atoms with Crippen LogP contribution in [0.4, 0.5) is 5.82 Å². The molecule has 0 fully saturated rings. The van der Waals surface area contributed by atoms with Gasteiger partial charge in [-0.2, -0.15) is 0 Å². The van der Waals surface area contributed by atoms with Gasteiger partial charge in [0.25, 0.3) is 0 Å². The second-order valence-corrected chi connectivity index (χ2v) is 3.27. The number of carboxylic acid groups (broad SMARTS) is 1. The number of hydrogen-bond acceptors (Lipinski definition) is 5. The fourth-order valence-electron chi connectivity index (χ4n) is 0.916. The molecule has 1 aromatic rings. The van der Waals surface area contributed by atoms with Crippen molar-refractivity contribution >= 4 is 11.8 Å². The Morgan fingerprint density at radius 2 is 2.33 bits per heavy atom. The Kier molecular flexibility index (Phi) is 3.99. The molecule has 2 N–H and O–H groups in total. The summed E-state index contributed by atoms with van der Waals surface area (Å²) in [5.74, 6) is -0.302. The Balaban J connectivity index is 2.54. The average Bonchev–Trinajstić information content (AvgIpc) is 2.17. The quantitative estimate of drug-likeness (QED) is 0.707. The lowest BCUT2D eigenvalue weighted by Gasteiger charge is -2.07. The molecule has 0 unspecified atom stereocenters. The molecule has 0 aromatic carbocycles. The van der Waals surface area contributed by atoms with Crippen molar-refractivity contribution in [3.8, 4) is 0 Å². The third-order valence-electron chi connectivity index (χ3n) is 1.65. The molecule has 1 rings (SSSR count). The molecule has 0 saturated heterocycles. The maximum Gasteiger partial charge on any atom is 0.332 e. The summed E-state index contributed by atoms with van der Waals surface area (Å²) >= 11 is 0. The van der Waals surface area contributed by atoms with Crippen molar-refractivity contribution in [1.82, 2.24) is 9.97 Å². The zero-order chi connectivity index (χ0) is 11.3. The van der Waals surface area contributed by atoms with Crippen LogP contribution in [0.2, 0.25) is 0 Å². The van der Waals surface area contributed by atoms with Crippen LogP contribution >= 0.6 is 0 Å². The number of hydrogen-bond donors (Lipinski definition) is 2. The third-order valence-corrected chi connectivity index (χ3v) is 1.65. The van der Waals surface area contributed by atoms with Gasteiger partial charge in [-0.3, -0.25) is 4.84 Å². The zero-order valence-corrected chi connectivity index (χ0v) is 8.60. The molecule has 0 saturated carbocycles. The molecule has 6 nitrogen and oxygen atoms in total. The van der Waals surface area contributed by atoms with Crippen LogP contribution in [0.3, 0.4) is 0 Å². The number of anilines is 1. The van der Waals surface area contributed by atoms with E-state index in [0.717, 1.165) is 5.69 Å². The van der Waals surface area contributed by atoms with Crippen LogP contribution in [0.25, 0.3) is 0 Å². The van der Waals surface area contributed by atoms with Crippen LogP contribution in [-0.2, 0) is 9.63 Å². The van der Waals surface area contributed by atoms with Gasteiger partial charge in [-0.15, -0.1) is 0 Å². The molecular weight excluding hydrogens is 198 g/mol. The Hall–Kier alpha value is -1.69. The van der Waals surface area contributed by atoms with Crippen molar-refractivity contribution in [2.24, 2.45) is 0 Å². The van der Waals surface area contributed by atoms with Gasteiger partial charge < -0.3 is 5.11 Å². The predicted molar refractivity (Wildman–Crippen MR) is 53.3 cm³/mol. The first-order valence-corrected chi connectivity index (χ1v) is 4.51. The zero-order valence-electron chi connectivity index (χ0n) is 8.60. The van der Waals surface area contributed by atoms with Crippen LogP contribution in [0.15, 0.2) is 12.4 Å². The van der Waals surface area contributed by atoms with E-state index in [4.69, 9.17) is 5.11 Å². The number of carboxylic acids is 1. The summed E-state index contributed by atoms with van der Waals surface area (Å²) < 4.78 is 0. The summed E-state index contributed by atoms with van der Waals surface area (Å²) in [6.45, 7) is 3.59. The summed E-state index contributed by atoms with van der Waals surface area (Å²) in [5, 5.41) is 8.34. The smallest absolute Gasteiger partial charge is 0.332 e. The predicted octanol–water partition coefficient (Wildman–Crippen LogP) is 1.03. The second-order valence-electron chi connectivity index (χ2n) is 3.27. The first kappa shape index (κ1) is 11.4. The van der Waals surface area contributed by atoms with Crippen molar-refractivity contribution in [2.75, 3.05) is 12.1 Å². The normalized spacial score (nSPS) is 10.3.